The van der Waals surface area contributed by atoms with Crippen LogP contribution in [0, 0.1) is 11.8 Å². The van der Waals surface area contributed by atoms with Crippen molar-refractivity contribution in [3.8, 4) is 0 Å². The minimum absolute atomic E-state index is 0.560. The molecule has 1 heterocycles. The van der Waals surface area contributed by atoms with E-state index in [4.69, 9.17) is 5.73 Å². The smallest absolute Gasteiger partial charge is 0.133 e. The second-order valence-electron chi connectivity index (χ2n) is 5.04. The van der Waals surface area contributed by atoms with Crippen LogP contribution in [0.15, 0.2) is 6.07 Å². The van der Waals surface area contributed by atoms with Gasteiger partial charge in [0.2, 0.25) is 0 Å². The first-order valence-electron chi connectivity index (χ1n) is 6.56. The van der Waals surface area contributed by atoms with Crippen LogP contribution in [-0.4, -0.2) is 16.5 Å². The predicted molar refractivity (Wildman–Crippen MR) is 70.8 cm³/mol. The molecule has 4 nitrogen and oxygen atoms in total. The summed E-state index contributed by atoms with van der Waals surface area (Å²) in [5.74, 6) is 3.91. The lowest BCUT2D eigenvalue weighted by molar-refractivity contribution is 0.535. The topological polar surface area (TPSA) is 63.8 Å². The summed E-state index contributed by atoms with van der Waals surface area (Å²) in [5, 5.41) is 3.37. The van der Waals surface area contributed by atoms with Gasteiger partial charge in [-0.2, -0.15) is 0 Å². The second kappa shape index (κ2) is 5.34. The molecule has 1 aromatic rings. The van der Waals surface area contributed by atoms with E-state index in [1.54, 1.807) is 0 Å². The van der Waals surface area contributed by atoms with Crippen molar-refractivity contribution in [2.45, 2.75) is 39.5 Å². The molecular formula is C13H22N4. The van der Waals surface area contributed by atoms with Gasteiger partial charge in [0.05, 0.1) is 0 Å². The van der Waals surface area contributed by atoms with Gasteiger partial charge in [-0.3, -0.25) is 0 Å². The molecule has 0 bridgehead atoms. The number of nitrogens with one attached hydrogen (secondary N) is 1. The van der Waals surface area contributed by atoms with Crippen LogP contribution in [0.3, 0.4) is 0 Å². The summed E-state index contributed by atoms with van der Waals surface area (Å²) >= 11 is 0. The average Bonchev–Trinajstić information content (AvgIpc) is 3.09. The van der Waals surface area contributed by atoms with Gasteiger partial charge in [0, 0.05) is 19.0 Å². The number of anilines is 2. The van der Waals surface area contributed by atoms with Crippen molar-refractivity contribution in [3.05, 3.63) is 11.9 Å². The van der Waals surface area contributed by atoms with E-state index in [0.717, 1.165) is 42.9 Å². The van der Waals surface area contributed by atoms with Gasteiger partial charge in [0.25, 0.3) is 0 Å². The number of nitrogen functional groups attached to an aromatic ring is 1. The van der Waals surface area contributed by atoms with Crippen molar-refractivity contribution < 1.29 is 0 Å². The summed E-state index contributed by atoms with van der Waals surface area (Å²) in [5.41, 5.74) is 5.78. The summed E-state index contributed by atoms with van der Waals surface area (Å²) in [6, 6.07) is 1.82. The van der Waals surface area contributed by atoms with Crippen molar-refractivity contribution >= 4 is 11.6 Å². The third kappa shape index (κ3) is 3.58. The molecule has 1 aromatic heterocycles. The number of aryl methyl sites for hydroxylation is 1. The van der Waals surface area contributed by atoms with E-state index in [0.29, 0.717) is 5.82 Å². The molecule has 1 saturated carbocycles. The van der Waals surface area contributed by atoms with E-state index in [2.05, 4.69) is 29.1 Å². The highest BCUT2D eigenvalue weighted by Crippen LogP contribution is 2.36. The second-order valence-corrected chi connectivity index (χ2v) is 5.04. The number of nitrogens with zero attached hydrogens (tertiary/aromatic N) is 2. The predicted octanol–water partition coefficient (Wildman–Crippen LogP) is 2.47. The van der Waals surface area contributed by atoms with Gasteiger partial charge in [-0.25, -0.2) is 9.97 Å². The molecule has 94 valence electrons. The molecule has 1 fully saturated rings. The first-order valence-corrected chi connectivity index (χ1v) is 6.56. The Labute approximate surface area is 103 Å². The molecule has 0 spiro atoms. The molecule has 0 saturated heterocycles. The molecule has 0 aliphatic heterocycles. The van der Waals surface area contributed by atoms with E-state index in [1.807, 2.05) is 6.07 Å². The van der Waals surface area contributed by atoms with Crippen molar-refractivity contribution in [1.29, 1.82) is 0 Å². The Balaban J connectivity index is 1.94. The SMILES string of the molecule is CCCc1nc(N)cc(NCC(C)C2CC2)n1. The van der Waals surface area contributed by atoms with Crippen LogP contribution in [0.5, 0.6) is 0 Å². The molecule has 1 atom stereocenters. The fourth-order valence-electron chi connectivity index (χ4n) is 2.04. The largest absolute Gasteiger partial charge is 0.384 e. The monoisotopic (exact) mass is 234 g/mol. The van der Waals surface area contributed by atoms with E-state index in [9.17, 15) is 0 Å². The third-order valence-corrected chi connectivity index (χ3v) is 3.30. The lowest BCUT2D eigenvalue weighted by Gasteiger charge is -2.12. The van der Waals surface area contributed by atoms with Gasteiger partial charge in [0.15, 0.2) is 0 Å². The standard InChI is InChI=1S/C13H22N4/c1-3-4-12-16-11(14)7-13(17-12)15-8-9(2)10-5-6-10/h7,9-10H,3-6,8H2,1-2H3,(H3,14,15,16,17). The van der Waals surface area contributed by atoms with Crippen LogP contribution in [0.1, 0.15) is 38.9 Å². The molecule has 0 amide bonds. The molecule has 17 heavy (non-hydrogen) atoms. The van der Waals surface area contributed by atoms with Crippen LogP contribution in [-0.2, 0) is 6.42 Å². The van der Waals surface area contributed by atoms with Crippen LogP contribution >= 0.6 is 0 Å². The zero-order chi connectivity index (χ0) is 12.3. The highest BCUT2D eigenvalue weighted by molar-refractivity contribution is 5.44. The highest BCUT2D eigenvalue weighted by atomic mass is 15.0. The molecule has 0 radical (unpaired) electrons. The molecule has 0 aromatic carbocycles. The fourth-order valence-corrected chi connectivity index (χ4v) is 2.04. The van der Waals surface area contributed by atoms with E-state index in [-0.39, 0.29) is 0 Å². The number of nitrogens with two attached hydrogens (primary N) is 1. The van der Waals surface area contributed by atoms with Gasteiger partial charge in [0.1, 0.15) is 17.5 Å². The molecule has 4 heteroatoms. The van der Waals surface area contributed by atoms with Crippen molar-refractivity contribution in [1.82, 2.24) is 9.97 Å². The maximum Gasteiger partial charge on any atom is 0.133 e. The number of aromatic nitrogens is 2. The Bertz CT molecular complexity index is 374. The normalized spacial score (nSPS) is 16.8. The van der Waals surface area contributed by atoms with E-state index >= 15 is 0 Å². The molecule has 2 rings (SSSR count). The van der Waals surface area contributed by atoms with E-state index in [1.165, 1.54) is 12.8 Å². The van der Waals surface area contributed by atoms with Gasteiger partial charge >= 0.3 is 0 Å². The summed E-state index contributed by atoms with van der Waals surface area (Å²) < 4.78 is 0. The Morgan fingerprint density at radius 2 is 2.24 bits per heavy atom. The lowest BCUT2D eigenvalue weighted by Crippen LogP contribution is -2.15. The summed E-state index contributed by atoms with van der Waals surface area (Å²) in [4.78, 5) is 8.70. The summed E-state index contributed by atoms with van der Waals surface area (Å²) in [6.45, 7) is 5.39. The average molecular weight is 234 g/mol. The molecule has 1 aliphatic carbocycles. The van der Waals surface area contributed by atoms with Gasteiger partial charge in [-0.15, -0.1) is 0 Å². The number of hydrogen-bond donors (Lipinski definition) is 2. The fraction of sp³-hybridized carbons (Fsp3) is 0.692. The minimum Gasteiger partial charge on any atom is -0.384 e. The van der Waals surface area contributed by atoms with Crippen LogP contribution in [0.25, 0.3) is 0 Å². The van der Waals surface area contributed by atoms with Gasteiger partial charge in [-0.1, -0.05) is 13.8 Å². The van der Waals surface area contributed by atoms with Crippen LogP contribution in [0.4, 0.5) is 11.6 Å². The highest BCUT2D eigenvalue weighted by Gasteiger charge is 2.27. The third-order valence-electron chi connectivity index (χ3n) is 3.30. The van der Waals surface area contributed by atoms with Crippen molar-refractivity contribution in [3.63, 3.8) is 0 Å². The first-order chi connectivity index (χ1) is 8.19. The maximum atomic E-state index is 5.78. The van der Waals surface area contributed by atoms with Crippen molar-refractivity contribution in [2.24, 2.45) is 11.8 Å². The maximum absolute atomic E-state index is 5.78. The molecule has 1 aliphatic rings. The Kier molecular flexibility index (Phi) is 3.82. The van der Waals surface area contributed by atoms with Crippen molar-refractivity contribution in [2.75, 3.05) is 17.6 Å². The molecule has 3 N–H and O–H groups in total. The Morgan fingerprint density at radius 3 is 2.88 bits per heavy atom. The van der Waals surface area contributed by atoms with E-state index < -0.39 is 0 Å². The zero-order valence-corrected chi connectivity index (χ0v) is 10.7. The van der Waals surface area contributed by atoms with Crippen LogP contribution < -0.4 is 11.1 Å². The Morgan fingerprint density at radius 1 is 1.47 bits per heavy atom. The van der Waals surface area contributed by atoms with Gasteiger partial charge in [-0.05, 0) is 31.1 Å². The summed E-state index contributed by atoms with van der Waals surface area (Å²) in [6.07, 6.45) is 4.70. The molecule has 1 unspecified atom stereocenters. The Hall–Kier alpha value is -1.32. The van der Waals surface area contributed by atoms with Crippen LogP contribution in [0.2, 0.25) is 0 Å². The van der Waals surface area contributed by atoms with Gasteiger partial charge < -0.3 is 11.1 Å². The first kappa shape index (κ1) is 12.1. The lowest BCUT2D eigenvalue weighted by atomic mass is 10.1. The number of hydrogen-bond acceptors (Lipinski definition) is 4. The minimum atomic E-state index is 0.560. The zero-order valence-electron chi connectivity index (χ0n) is 10.7. The quantitative estimate of drug-likeness (QED) is 0.793. The summed E-state index contributed by atoms with van der Waals surface area (Å²) in [7, 11) is 0. The number of rotatable bonds is 6. The molecular weight excluding hydrogens is 212 g/mol.